The highest BCUT2D eigenvalue weighted by Gasteiger charge is 2.06. The molecule has 0 saturated heterocycles. The second-order valence-corrected chi connectivity index (χ2v) is 4.42. The highest BCUT2D eigenvalue weighted by Crippen LogP contribution is 2.18. The third-order valence-corrected chi connectivity index (χ3v) is 2.82. The highest BCUT2D eigenvalue weighted by molar-refractivity contribution is 5.29. The van der Waals surface area contributed by atoms with Crippen molar-refractivity contribution >= 4 is 0 Å². The molecule has 0 aliphatic carbocycles. The topological polar surface area (TPSA) is 52.0 Å². The summed E-state index contributed by atoms with van der Waals surface area (Å²) in [6.07, 6.45) is 3.84. The molecule has 0 amide bonds. The summed E-state index contributed by atoms with van der Waals surface area (Å²) in [4.78, 5) is 4.49. The molecule has 2 rings (SSSR count). The van der Waals surface area contributed by atoms with E-state index in [1.54, 1.807) is 0 Å². The number of aryl methyl sites for hydroxylation is 2. The van der Waals surface area contributed by atoms with Crippen LogP contribution in [0.25, 0.3) is 0 Å². The maximum Gasteiger partial charge on any atom is 0.142 e. The summed E-state index contributed by atoms with van der Waals surface area (Å²) in [6, 6.07) is 3.93. The first kappa shape index (κ1) is 13.5. The highest BCUT2D eigenvalue weighted by atomic mass is 16.5. The van der Waals surface area contributed by atoms with E-state index >= 15 is 0 Å². The van der Waals surface area contributed by atoms with Gasteiger partial charge < -0.3 is 10.1 Å². The van der Waals surface area contributed by atoms with E-state index in [0.717, 1.165) is 29.2 Å². The predicted molar refractivity (Wildman–Crippen MR) is 74.0 cm³/mol. The Morgan fingerprint density at radius 1 is 1.37 bits per heavy atom. The van der Waals surface area contributed by atoms with Crippen LogP contribution in [-0.2, 0) is 19.7 Å². The van der Waals surface area contributed by atoms with Gasteiger partial charge in [0, 0.05) is 30.5 Å². The van der Waals surface area contributed by atoms with Crippen molar-refractivity contribution in [3.8, 4) is 5.75 Å². The smallest absolute Gasteiger partial charge is 0.142 e. The van der Waals surface area contributed by atoms with Crippen molar-refractivity contribution in [1.29, 1.82) is 0 Å². The number of hydrogen-bond acceptors (Lipinski definition) is 4. The fourth-order valence-electron chi connectivity index (χ4n) is 1.84. The van der Waals surface area contributed by atoms with Crippen molar-refractivity contribution in [3.63, 3.8) is 0 Å². The van der Waals surface area contributed by atoms with Crippen molar-refractivity contribution in [2.24, 2.45) is 0 Å². The van der Waals surface area contributed by atoms with Gasteiger partial charge in [0.25, 0.3) is 0 Å². The van der Waals surface area contributed by atoms with Crippen LogP contribution in [0.4, 0.5) is 0 Å². The molecular formula is C14H20N4O. The number of pyridine rings is 1. The summed E-state index contributed by atoms with van der Waals surface area (Å²) in [5.41, 5.74) is 3.00. The first-order valence-electron chi connectivity index (χ1n) is 6.48. The van der Waals surface area contributed by atoms with Gasteiger partial charge in [-0.2, -0.15) is 5.10 Å². The minimum atomic E-state index is 0.515. The van der Waals surface area contributed by atoms with E-state index in [-0.39, 0.29) is 0 Å². The van der Waals surface area contributed by atoms with E-state index < -0.39 is 0 Å². The Hall–Kier alpha value is -1.88. The summed E-state index contributed by atoms with van der Waals surface area (Å²) < 4.78 is 7.72. The SMILES string of the molecule is CCn1cc(COc2ccc(C)nc2CNC)cn1. The second-order valence-electron chi connectivity index (χ2n) is 4.42. The van der Waals surface area contributed by atoms with Crippen molar-refractivity contribution in [2.45, 2.75) is 33.5 Å². The molecule has 0 fully saturated rings. The van der Waals surface area contributed by atoms with Gasteiger partial charge in [-0.1, -0.05) is 0 Å². The summed E-state index contributed by atoms with van der Waals surface area (Å²) in [5, 5.41) is 7.33. The lowest BCUT2D eigenvalue weighted by atomic mass is 10.3. The van der Waals surface area contributed by atoms with Crippen LogP contribution in [0.2, 0.25) is 0 Å². The third-order valence-electron chi connectivity index (χ3n) is 2.82. The molecule has 2 aromatic heterocycles. The summed E-state index contributed by atoms with van der Waals surface area (Å²) in [7, 11) is 1.90. The van der Waals surface area contributed by atoms with Crippen LogP contribution in [0, 0.1) is 6.92 Å². The quantitative estimate of drug-likeness (QED) is 0.862. The molecule has 0 radical (unpaired) electrons. The Balaban J connectivity index is 2.05. The minimum absolute atomic E-state index is 0.515. The lowest BCUT2D eigenvalue weighted by molar-refractivity contribution is 0.300. The molecular weight excluding hydrogens is 240 g/mol. The molecule has 0 aliphatic rings. The van der Waals surface area contributed by atoms with Crippen molar-refractivity contribution < 1.29 is 4.74 Å². The average Bonchev–Trinajstić information content (AvgIpc) is 2.86. The van der Waals surface area contributed by atoms with Crippen LogP contribution in [-0.4, -0.2) is 21.8 Å². The third kappa shape index (κ3) is 3.54. The molecule has 2 heterocycles. The zero-order valence-corrected chi connectivity index (χ0v) is 11.7. The number of nitrogens with zero attached hydrogens (tertiary/aromatic N) is 3. The predicted octanol–water partition coefficient (Wildman–Crippen LogP) is 1.90. The molecule has 0 atom stereocenters. The summed E-state index contributed by atoms with van der Waals surface area (Å²) in [6.45, 7) is 6.13. The van der Waals surface area contributed by atoms with Gasteiger partial charge in [0.05, 0.1) is 11.9 Å². The van der Waals surface area contributed by atoms with Crippen LogP contribution < -0.4 is 10.1 Å². The molecule has 19 heavy (non-hydrogen) atoms. The van der Waals surface area contributed by atoms with E-state index in [2.05, 4.69) is 22.3 Å². The second kappa shape index (κ2) is 6.33. The zero-order valence-electron chi connectivity index (χ0n) is 11.7. The van der Waals surface area contributed by atoms with Gasteiger partial charge in [-0.25, -0.2) is 0 Å². The van der Waals surface area contributed by atoms with Gasteiger partial charge in [0.1, 0.15) is 12.4 Å². The Bertz CT molecular complexity index is 536. The standard InChI is InChI=1S/C14H20N4O/c1-4-18-9-12(7-16-18)10-19-14-6-5-11(2)17-13(14)8-15-3/h5-7,9,15H,4,8,10H2,1-3H3. The maximum absolute atomic E-state index is 5.83. The lowest BCUT2D eigenvalue weighted by Crippen LogP contribution is -2.10. The van der Waals surface area contributed by atoms with E-state index in [1.807, 2.05) is 43.2 Å². The van der Waals surface area contributed by atoms with Crippen molar-refractivity contribution in [2.75, 3.05) is 7.05 Å². The Morgan fingerprint density at radius 3 is 2.89 bits per heavy atom. The van der Waals surface area contributed by atoms with Gasteiger partial charge in [0.2, 0.25) is 0 Å². The molecule has 0 spiro atoms. The Labute approximate surface area is 113 Å². The molecule has 5 nitrogen and oxygen atoms in total. The molecule has 0 bridgehead atoms. The molecule has 0 unspecified atom stereocenters. The average molecular weight is 260 g/mol. The number of ether oxygens (including phenoxy) is 1. The number of hydrogen-bond donors (Lipinski definition) is 1. The summed E-state index contributed by atoms with van der Waals surface area (Å²) in [5.74, 6) is 0.823. The van der Waals surface area contributed by atoms with Gasteiger partial charge in [-0.3, -0.25) is 9.67 Å². The normalized spacial score (nSPS) is 10.7. The maximum atomic E-state index is 5.83. The van der Waals surface area contributed by atoms with Crippen LogP contribution in [0.1, 0.15) is 23.9 Å². The number of aromatic nitrogens is 3. The van der Waals surface area contributed by atoms with Crippen molar-refractivity contribution in [1.82, 2.24) is 20.1 Å². The molecule has 0 saturated carbocycles. The molecule has 0 aliphatic heterocycles. The zero-order chi connectivity index (χ0) is 13.7. The Kier molecular flexibility index (Phi) is 4.52. The number of nitrogens with one attached hydrogen (secondary N) is 1. The fourth-order valence-corrected chi connectivity index (χ4v) is 1.84. The molecule has 102 valence electrons. The van der Waals surface area contributed by atoms with Crippen LogP contribution in [0.15, 0.2) is 24.5 Å². The van der Waals surface area contributed by atoms with E-state index in [4.69, 9.17) is 4.74 Å². The largest absolute Gasteiger partial charge is 0.487 e. The van der Waals surface area contributed by atoms with Gasteiger partial charge in [-0.15, -0.1) is 0 Å². The van der Waals surface area contributed by atoms with Gasteiger partial charge >= 0.3 is 0 Å². The number of rotatable bonds is 6. The monoisotopic (exact) mass is 260 g/mol. The fraction of sp³-hybridized carbons (Fsp3) is 0.429. The van der Waals surface area contributed by atoms with E-state index in [1.165, 1.54) is 0 Å². The van der Waals surface area contributed by atoms with Gasteiger partial charge in [0.15, 0.2) is 0 Å². The molecule has 1 N–H and O–H groups in total. The first-order valence-corrected chi connectivity index (χ1v) is 6.48. The van der Waals surface area contributed by atoms with Crippen LogP contribution >= 0.6 is 0 Å². The lowest BCUT2D eigenvalue weighted by Gasteiger charge is -2.10. The summed E-state index contributed by atoms with van der Waals surface area (Å²) >= 11 is 0. The molecule has 2 aromatic rings. The molecule has 0 aromatic carbocycles. The van der Waals surface area contributed by atoms with Crippen LogP contribution in [0.5, 0.6) is 5.75 Å². The van der Waals surface area contributed by atoms with E-state index in [0.29, 0.717) is 13.2 Å². The van der Waals surface area contributed by atoms with E-state index in [9.17, 15) is 0 Å². The van der Waals surface area contributed by atoms with Crippen LogP contribution in [0.3, 0.4) is 0 Å². The Morgan fingerprint density at radius 2 is 2.21 bits per heavy atom. The van der Waals surface area contributed by atoms with Gasteiger partial charge in [-0.05, 0) is 33.0 Å². The van der Waals surface area contributed by atoms with Crippen molar-refractivity contribution in [3.05, 3.63) is 41.5 Å². The minimum Gasteiger partial charge on any atom is -0.487 e. The first-order chi connectivity index (χ1) is 9.22. The molecule has 5 heteroatoms.